The highest BCUT2D eigenvalue weighted by atomic mass is 32.2. The van der Waals surface area contributed by atoms with Crippen LogP contribution in [0.1, 0.15) is 17.8 Å². The van der Waals surface area contributed by atoms with Gasteiger partial charge in [-0.2, -0.15) is 11.8 Å². The molecule has 0 radical (unpaired) electrons. The number of methoxy groups -OCH3 is 1. The monoisotopic (exact) mass is 270 g/mol. The molecule has 5 heteroatoms. The zero-order chi connectivity index (χ0) is 13.2. The lowest BCUT2D eigenvalue weighted by atomic mass is 10.3. The molecule has 0 aliphatic rings. The van der Waals surface area contributed by atoms with Crippen LogP contribution in [-0.2, 0) is 6.54 Å². The Morgan fingerprint density at radius 2 is 2.22 bits per heavy atom. The van der Waals surface area contributed by atoms with Gasteiger partial charge in [-0.1, -0.05) is 0 Å². The fourth-order valence-electron chi connectivity index (χ4n) is 1.54. The third-order valence-corrected chi connectivity index (χ3v) is 3.46. The average molecular weight is 270 g/mol. The van der Waals surface area contributed by atoms with Crippen molar-refractivity contribution in [2.45, 2.75) is 19.9 Å². The standard InChI is InChI=1S/C13H22N2O2S/c1-11-8-13(17-2)9-12(15-11)10-14-4-7-18-6-3-5-16/h8-9,14,16H,3-7,10H2,1-2H3. The van der Waals surface area contributed by atoms with Crippen LogP contribution in [0.25, 0.3) is 0 Å². The topological polar surface area (TPSA) is 54.4 Å². The lowest BCUT2D eigenvalue weighted by Gasteiger charge is -2.07. The maximum absolute atomic E-state index is 8.64. The van der Waals surface area contributed by atoms with Crippen LogP contribution in [0.4, 0.5) is 0 Å². The number of aliphatic hydroxyl groups is 1. The Bertz CT molecular complexity index is 348. The third kappa shape index (κ3) is 6.23. The van der Waals surface area contributed by atoms with E-state index in [4.69, 9.17) is 9.84 Å². The molecule has 0 saturated carbocycles. The van der Waals surface area contributed by atoms with Crippen molar-refractivity contribution in [2.75, 3.05) is 31.8 Å². The maximum Gasteiger partial charge on any atom is 0.122 e. The summed E-state index contributed by atoms with van der Waals surface area (Å²) in [6.45, 7) is 3.97. The van der Waals surface area contributed by atoms with Crippen LogP contribution >= 0.6 is 11.8 Å². The van der Waals surface area contributed by atoms with E-state index in [-0.39, 0.29) is 6.61 Å². The van der Waals surface area contributed by atoms with E-state index in [2.05, 4.69) is 10.3 Å². The van der Waals surface area contributed by atoms with Gasteiger partial charge in [-0.15, -0.1) is 0 Å². The van der Waals surface area contributed by atoms with Crippen LogP contribution < -0.4 is 10.1 Å². The van der Waals surface area contributed by atoms with Gasteiger partial charge in [0.15, 0.2) is 0 Å². The van der Waals surface area contributed by atoms with Crippen LogP contribution in [0.15, 0.2) is 12.1 Å². The Morgan fingerprint density at radius 1 is 1.39 bits per heavy atom. The molecular formula is C13H22N2O2S. The normalized spacial score (nSPS) is 10.6. The summed E-state index contributed by atoms with van der Waals surface area (Å²) < 4.78 is 5.21. The summed E-state index contributed by atoms with van der Waals surface area (Å²) in [5.74, 6) is 2.94. The predicted octanol–water partition coefficient (Wildman–Crippen LogP) is 1.60. The summed E-state index contributed by atoms with van der Waals surface area (Å²) in [4.78, 5) is 4.45. The first-order chi connectivity index (χ1) is 8.76. The van der Waals surface area contributed by atoms with E-state index in [0.29, 0.717) is 0 Å². The van der Waals surface area contributed by atoms with Crippen LogP contribution in [0.2, 0.25) is 0 Å². The Balaban J connectivity index is 2.20. The number of nitrogens with zero attached hydrogens (tertiary/aromatic N) is 1. The lowest BCUT2D eigenvalue weighted by Crippen LogP contribution is -2.17. The summed E-state index contributed by atoms with van der Waals surface area (Å²) in [6.07, 6.45) is 0.876. The van der Waals surface area contributed by atoms with Gasteiger partial charge in [-0.05, 0) is 19.1 Å². The number of nitrogens with one attached hydrogen (secondary N) is 1. The van der Waals surface area contributed by atoms with E-state index >= 15 is 0 Å². The molecule has 0 bridgehead atoms. The summed E-state index contributed by atoms with van der Waals surface area (Å²) in [6, 6.07) is 3.88. The maximum atomic E-state index is 8.64. The highest BCUT2D eigenvalue weighted by Gasteiger charge is 2.00. The number of pyridine rings is 1. The Hall–Kier alpha value is -0.780. The summed E-state index contributed by atoms with van der Waals surface area (Å²) in [5, 5.41) is 12.0. The number of aromatic nitrogens is 1. The molecule has 18 heavy (non-hydrogen) atoms. The summed E-state index contributed by atoms with van der Waals surface area (Å²) in [5.41, 5.74) is 1.98. The lowest BCUT2D eigenvalue weighted by molar-refractivity contribution is 0.296. The second kappa shape index (κ2) is 9.19. The van der Waals surface area contributed by atoms with Crippen molar-refractivity contribution in [1.82, 2.24) is 10.3 Å². The van der Waals surface area contributed by atoms with Gasteiger partial charge in [0.2, 0.25) is 0 Å². The van der Waals surface area contributed by atoms with E-state index in [9.17, 15) is 0 Å². The number of aliphatic hydroxyl groups excluding tert-OH is 1. The van der Waals surface area contributed by atoms with E-state index < -0.39 is 0 Å². The van der Waals surface area contributed by atoms with Crippen LogP contribution in [0, 0.1) is 6.92 Å². The molecule has 1 aromatic heterocycles. The van der Waals surface area contributed by atoms with Gasteiger partial charge in [0, 0.05) is 43.3 Å². The fourth-order valence-corrected chi connectivity index (χ4v) is 2.37. The molecule has 1 rings (SSSR count). The van der Waals surface area contributed by atoms with Gasteiger partial charge in [-0.3, -0.25) is 4.98 Å². The summed E-state index contributed by atoms with van der Waals surface area (Å²) >= 11 is 1.86. The zero-order valence-corrected chi connectivity index (χ0v) is 11.9. The van der Waals surface area contributed by atoms with Gasteiger partial charge in [0.05, 0.1) is 12.8 Å². The Kier molecular flexibility index (Phi) is 7.80. The molecule has 0 amide bonds. The molecule has 0 spiro atoms. The van der Waals surface area contributed by atoms with Crippen LogP contribution in [0.5, 0.6) is 5.75 Å². The van der Waals surface area contributed by atoms with Crippen molar-refractivity contribution >= 4 is 11.8 Å². The van der Waals surface area contributed by atoms with E-state index in [1.54, 1.807) is 7.11 Å². The summed E-state index contributed by atoms with van der Waals surface area (Å²) in [7, 11) is 1.67. The first kappa shape index (κ1) is 15.3. The minimum absolute atomic E-state index is 0.285. The molecule has 102 valence electrons. The second-order valence-electron chi connectivity index (χ2n) is 4.01. The van der Waals surface area contributed by atoms with Gasteiger partial charge >= 0.3 is 0 Å². The minimum Gasteiger partial charge on any atom is -0.497 e. The van der Waals surface area contributed by atoms with Gasteiger partial charge in [0.25, 0.3) is 0 Å². The number of hydrogen-bond acceptors (Lipinski definition) is 5. The smallest absolute Gasteiger partial charge is 0.122 e. The fraction of sp³-hybridized carbons (Fsp3) is 0.615. The van der Waals surface area contributed by atoms with Crippen molar-refractivity contribution in [2.24, 2.45) is 0 Å². The molecular weight excluding hydrogens is 248 g/mol. The highest BCUT2D eigenvalue weighted by Crippen LogP contribution is 2.13. The van der Waals surface area contributed by atoms with Crippen molar-refractivity contribution in [1.29, 1.82) is 0 Å². The SMILES string of the molecule is COc1cc(C)nc(CNCCSCCCO)c1. The average Bonchev–Trinajstić information content (AvgIpc) is 2.37. The van der Waals surface area contributed by atoms with Crippen molar-refractivity contribution in [3.63, 3.8) is 0 Å². The first-order valence-corrected chi connectivity index (χ1v) is 7.32. The van der Waals surface area contributed by atoms with Crippen molar-refractivity contribution in [3.8, 4) is 5.75 Å². The molecule has 0 aliphatic heterocycles. The second-order valence-corrected chi connectivity index (χ2v) is 5.23. The Labute approximate surface area is 113 Å². The van der Waals surface area contributed by atoms with Crippen molar-refractivity contribution in [3.05, 3.63) is 23.5 Å². The zero-order valence-electron chi connectivity index (χ0n) is 11.1. The number of hydrogen-bond donors (Lipinski definition) is 2. The van der Waals surface area contributed by atoms with E-state index in [1.807, 2.05) is 30.8 Å². The molecule has 1 aromatic rings. The molecule has 4 nitrogen and oxygen atoms in total. The molecule has 0 atom stereocenters. The van der Waals surface area contributed by atoms with Crippen LogP contribution in [0.3, 0.4) is 0 Å². The van der Waals surface area contributed by atoms with Crippen molar-refractivity contribution < 1.29 is 9.84 Å². The third-order valence-electron chi connectivity index (χ3n) is 2.39. The quantitative estimate of drug-likeness (QED) is 0.668. The van der Waals surface area contributed by atoms with Gasteiger partial charge in [0.1, 0.15) is 5.75 Å². The number of aryl methyl sites for hydroxylation is 1. The highest BCUT2D eigenvalue weighted by molar-refractivity contribution is 7.99. The van der Waals surface area contributed by atoms with Crippen LogP contribution in [-0.4, -0.2) is 41.9 Å². The molecule has 0 saturated heterocycles. The van der Waals surface area contributed by atoms with Gasteiger partial charge in [-0.25, -0.2) is 0 Å². The van der Waals surface area contributed by atoms with E-state index in [1.165, 1.54) is 0 Å². The molecule has 0 aromatic carbocycles. The minimum atomic E-state index is 0.285. The molecule has 2 N–H and O–H groups in total. The van der Waals surface area contributed by atoms with E-state index in [0.717, 1.165) is 48.2 Å². The number of ether oxygens (including phenoxy) is 1. The number of rotatable bonds is 9. The Morgan fingerprint density at radius 3 is 2.94 bits per heavy atom. The number of thioether (sulfide) groups is 1. The predicted molar refractivity (Wildman–Crippen MR) is 76.3 cm³/mol. The molecule has 0 aliphatic carbocycles. The molecule has 0 unspecified atom stereocenters. The largest absolute Gasteiger partial charge is 0.497 e. The van der Waals surface area contributed by atoms with Gasteiger partial charge < -0.3 is 15.2 Å². The molecule has 1 heterocycles. The first-order valence-electron chi connectivity index (χ1n) is 6.17. The molecule has 0 fully saturated rings.